The molecule has 0 unspecified atom stereocenters. The minimum Gasteiger partial charge on any atom is -1.00 e. The Balaban J connectivity index is 0.00000259. The van der Waals surface area contributed by atoms with E-state index in [9.17, 15) is 0 Å². The normalized spacial score (nSPS) is 23.1. The van der Waals surface area contributed by atoms with Crippen LogP contribution in [0, 0.1) is 17.8 Å². The SMILES string of the molecule is COc1cc(-c2[nH]ccc2Cl)oc1C1=C2[NH+]=C3C=C2[C@H](C(C)C)[C@H]1CCCCCCCC3.[Cl-]. The second-order valence-electron chi connectivity index (χ2n) is 9.78. The van der Waals surface area contributed by atoms with Crippen molar-refractivity contribution in [3.8, 4) is 17.2 Å². The summed E-state index contributed by atoms with van der Waals surface area (Å²) in [6, 6.07) is 3.82. The maximum Gasteiger partial charge on any atom is 0.214 e. The zero-order chi connectivity index (χ0) is 22.2. The molecule has 33 heavy (non-hydrogen) atoms. The fraction of sp³-hybridized carbons (Fsp3) is 0.519. The summed E-state index contributed by atoms with van der Waals surface area (Å²) in [4.78, 5) is 7.02. The smallest absolute Gasteiger partial charge is 0.214 e. The molecule has 6 rings (SSSR count). The minimum absolute atomic E-state index is 0. The molecule has 2 aromatic rings. The van der Waals surface area contributed by atoms with Gasteiger partial charge < -0.3 is 26.5 Å². The Kier molecular flexibility index (Phi) is 7.45. The molecule has 0 amide bonds. The molecule has 2 N–H and O–H groups in total. The topological polar surface area (TPSA) is 52.1 Å². The van der Waals surface area contributed by atoms with Crippen molar-refractivity contribution in [2.45, 2.75) is 65.2 Å². The van der Waals surface area contributed by atoms with Gasteiger partial charge in [0.2, 0.25) is 5.70 Å². The number of furan rings is 1. The molecular formula is C27H34Cl2N2O2. The van der Waals surface area contributed by atoms with Gasteiger partial charge in [0.15, 0.2) is 23.0 Å². The molecule has 2 aliphatic heterocycles. The van der Waals surface area contributed by atoms with E-state index < -0.39 is 0 Å². The number of allylic oxidation sites excluding steroid dienone is 3. The summed E-state index contributed by atoms with van der Waals surface area (Å²) in [5.41, 5.74) is 6.17. The molecule has 178 valence electrons. The van der Waals surface area contributed by atoms with Crippen LogP contribution in [0.5, 0.6) is 5.75 Å². The van der Waals surface area contributed by atoms with E-state index in [-0.39, 0.29) is 12.4 Å². The first-order chi connectivity index (χ1) is 15.6. The predicted octanol–water partition coefficient (Wildman–Crippen LogP) is 3.15. The van der Waals surface area contributed by atoms with Gasteiger partial charge in [0.05, 0.1) is 17.7 Å². The number of nitrogens with one attached hydrogen (secondary N) is 2. The van der Waals surface area contributed by atoms with Crippen LogP contribution < -0.4 is 22.1 Å². The molecule has 4 heterocycles. The van der Waals surface area contributed by atoms with E-state index >= 15 is 0 Å². The van der Waals surface area contributed by atoms with E-state index in [0.29, 0.717) is 22.8 Å². The summed E-state index contributed by atoms with van der Waals surface area (Å²) in [6.45, 7) is 4.72. The Morgan fingerprint density at radius 2 is 1.91 bits per heavy atom. The fourth-order valence-electron chi connectivity index (χ4n) is 5.92. The van der Waals surface area contributed by atoms with E-state index in [1.165, 1.54) is 67.5 Å². The van der Waals surface area contributed by atoms with Crippen LogP contribution >= 0.6 is 11.6 Å². The lowest BCUT2D eigenvalue weighted by atomic mass is 9.77. The van der Waals surface area contributed by atoms with E-state index in [0.717, 1.165) is 29.4 Å². The summed E-state index contributed by atoms with van der Waals surface area (Å²) < 4.78 is 12.4. The highest BCUT2D eigenvalue weighted by Gasteiger charge is 2.48. The van der Waals surface area contributed by atoms with Gasteiger partial charge in [-0.15, -0.1) is 0 Å². The molecule has 2 aromatic heterocycles. The Labute approximate surface area is 207 Å². The average molecular weight is 489 g/mol. The number of hydrogen-bond donors (Lipinski definition) is 2. The summed E-state index contributed by atoms with van der Waals surface area (Å²) in [6.07, 6.45) is 14.4. The third kappa shape index (κ3) is 4.44. The molecule has 4 aliphatic rings. The van der Waals surface area contributed by atoms with Gasteiger partial charge in [0.25, 0.3) is 0 Å². The molecule has 0 fully saturated rings. The van der Waals surface area contributed by atoms with Gasteiger partial charge >= 0.3 is 0 Å². The number of aromatic amines is 1. The number of H-pyrrole nitrogens is 1. The van der Waals surface area contributed by atoms with Crippen molar-refractivity contribution in [3.05, 3.63) is 46.5 Å². The standard InChI is InChI=1S/C27H33ClN2O2.ClH/c1-16(2)23-18-11-9-7-5-4-6-8-10-17-14-19(23)25(30-17)24(18)27-22(31-3)15-21(32-27)26-20(28)12-13-29-26;/h12-16,18,23,29H,4-11H2,1-3H3;1H/t18-,23-;/m1./s1. The summed E-state index contributed by atoms with van der Waals surface area (Å²) in [7, 11) is 1.72. The Morgan fingerprint density at radius 1 is 1.15 bits per heavy atom. The van der Waals surface area contributed by atoms with Gasteiger partial charge in [-0.3, -0.25) is 0 Å². The molecule has 4 nitrogen and oxygen atoms in total. The first-order valence-electron chi connectivity index (χ1n) is 12.2. The molecule has 0 saturated heterocycles. The van der Waals surface area contributed by atoms with Gasteiger partial charge in [-0.25, -0.2) is 4.99 Å². The van der Waals surface area contributed by atoms with Crippen molar-refractivity contribution < 1.29 is 26.6 Å². The van der Waals surface area contributed by atoms with Crippen LogP contribution in [0.3, 0.4) is 0 Å². The Bertz CT molecular complexity index is 1090. The highest BCUT2D eigenvalue weighted by Crippen LogP contribution is 2.53. The van der Waals surface area contributed by atoms with Gasteiger partial charge in [-0.1, -0.05) is 57.6 Å². The van der Waals surface area contributed by atoms with E-state index in [4.69, 9.17) is 20.8 Å². The van der Waals surface area contributed by atoms with Crippen molar-refractivity contribution in [2.24, 2.45) is 17.8 Å². The molecular weight excluding hydrogens is 455 g/mol. The average Bonchev–Trinajstić information content (AvgIpc) is 3.51. The summed E-state index contributed by atoms with van der Waals surface area (Å²) in [5, 5.41) is 0.655. The zero-order valence-electron chi connectivity index (χ0n) is 19.8. The van der Waals surface area contributed by atoms with Gasteiger partial charge in [0.1, 0.15) is 5.69 Å². The van der Waals surface area contributed by atoms with E-state index in [1.807, 2.05) is 18.3 Å². The van der Waals surface area contributed by atoms with Gasteiger partial charge in [-0.05, 0) is 24.8 Å². The third-order valence-electron chi connectivity index (χ3n) is 7.37. The molecule has 2 atom stereocenters. The van der Waals surface area contributed by atoms with Crippen molar-refractivity contribution in [2.75, 3.05) is 7.11 Å². The number of halogens is 2. The fourth-order valence-corrected chi connectivity index (χ4v) is 6.13. The van der Waals surface area contributed by atoms with Crippen LogP contribution in [0.4, 0.5) is 0 Å². The highest BCUT2D eigenvalue weighted by atomic mass is 35.5. The number of fused-ring (bicyclic) bond motifs is 7. The first kappa shape index (κ1) is 24.2. The molecule has 2 aliphatic carbocycles. The quantitative estimate of drug-likeness (QED) is 0.694. The molecule has 0 aromatic carbocycles. The lowest BCUT2D eigenvalue weighted by Crippen LogP contribution is -3.00. The van der Waals surface area contributed by atoms with Crippen LogP contribution in [-0.2, 0) is 0 Å². The Morgan fingerprint density at radius 3 is 2.61 bits per heavy atom. The van der Waals surface area contributed by atoms with Crippen LogP contribution in [-0.4, -0.2) is 17.8 Å². The van der Waals surface area contributed by atoms with E-state index in [2.05, 4.69) is 29.9 Å². The van der Waals surface area contributed by atoms with Crippen LogP contribution in [0.1, 0.15) is 71.0 Å². The zero-order valence-corrected chi connectivity index (χ0v) is 21.3. The lowest BCUT2D eigenvalue weighted by Gasteiger charge is -2.25. The molecule has 0 spiro atoms. The summed E-state index contributed by atoms with van der Waals surface area (Å²) in [5.74, 6) is 3.84. The number of hydrogen-bond acceptors (Lipinski definition) is 2. The third-order valence-corrected chi connectivity index (χ3v) is 7.69. The molecule has 6 heteroatoms. The second-order valence-corrected chi connectivity index (χ2v) is 10.2. The maximum absolute atomic E-state index is 6.52. The maximum atomic E-state index is 6.52. The Hall–Kier alpha value is -1.91. The number of rotatable bonds is 4. The number of ether oxygens (including phenoxy) is 1. The molecule has 4 bridgehead atoms. The van der Waals surface area contributed by atoms with Crippen molar-refractivity contribution >= 4 is 22.9 Å². The largest absolute Gasteiger partial charge is 1.00 e. The van der Waals surface area contributed by atoms with Crippen LogP contribution in [0.25, 0.3) is 17.0 Å². The van der Waals surface area contributed by atoms with Gasteiger partial charge in [0, 0.05) is 42.2 Å². The van der Waals surface area contributed by atoms with Gasteiger partial charge in [-0.2, -0.15) is 0 Å². The van der Waals surface area contributed by atoms with E-state index in [1.54, 1.807) is 7.11 Å². The molecule has 0 saturated carbocycles. The lowest BCUT2D eigenvalue weighted by molar-refractivity contribution is -0.388. The molecule has 0 radical (unpaired) electrons. The second kappa shape index (κ2) is 10.1. The predicted molar refractivity (Wildman–Crippen MR) is 130 cm³/mol. The van der Waals surface area contributed by atoms with Crippen LogP contribution in [0.15, 0.2) is 40.1 Å². The van der Waals surface area contributed by atoms with Crippen molar-refractivity contribution in [1.82, 2.24) is 4.98 Å². The van der Waals surface area contributed by atoms with Crippen molar-refractivity contribution in [3.63, 3.8) is 0 Å². The number of methoxy groups -OCH3 is 1. The highest BCUT2D eigenvalue weighted by molar-refractivity contribution is 6.33. The number of aromatic nitrogens is 1. The summed E-state index contributed by atoms with van der Waals surface area (Å²) >= 11 is 6.40. The van der Waals surface area contributed by atoms with Crippen molar-refractivity contribution in [1.29, 1.82) is 0 Å². The minimum atomic E-state index is 0. The monoisotopic (exact) mass is 488 g/mol. The first-order valence-corrected chi connectivity index (χ1v) is 12.6. The van der Waals surface area contributed by atoms with Crippen LogP contribution in [0.2, 0.25) is 5.02 Å².